The molecule has 0 aromatic rings. The molecular weight excluding hydrogens is 913 g/mol. The van der Waals surface area contributed by atoms with Crippen molar-refractivity contribution in [3.05, 3.63) is 97.2 Å². The minimum absolute atomic E-state index is 0.0872. The second kappa shape index (κ2) is 61.9. The van der Waals surface area contributed by atoms with Crippen molar-refractivity contribution in [3.63, 3.8) is 0 Å². The molecule has 0 aliphatic carbocycles. The zero-order valence-corrected chi connectivity index (χ0v) is 48.6. The molecule has 0 rings (SSSR count). The maximum Gasteiger partial charge on any atom is 0.306 e. The quantitative estimate of drug-likeness (QED) is 0.0261. The molecule has 0 aromatic heterocycles. The fourth-order valence-corrected chi connectivity index (χ4v) is 8.65. The summed E-state index contributed by atoms with van der Waals surface area (Å²) in [4.78, 5) is 38.2. The molecule has 0 radical (unpaired) electrons. The fraction of sp³-hybridized carbons (Fsp3) is 0.721. The van der Waals surface area contributed by atoms with Gasteiger partial charge in [-0.2, -0.15) is 0 Å². The second-order valence-electron chi connectivity index (χ2n) is 20.6. The summed E-state index contributed by atoms with van der Waals surface area (Å²) in [5, 5.41) is 0. The van der Waals surface area contributed by atoms with Crippen LogP contribution in [0.4, 0.5) is 0 Å². The minimum Gasteiger partial charge on any atom is -0.462 e. The SMILES string of the molecule is CC/C=C\C/C=C\C/C=C\C/C=C\C/C=C\C/C=C\C/C=C\CCCCCC(=O)OCC(COC(=O)CCCCCCCCCCCC)OC(=O)CCCCCCCCCCC/C=C\CCCCCCCCCC. The number of allylic oxidation sites excluding steroid dienone is 16. The van der Waals surface area contributed by atoms with Crippen molar-refractivity contribution in [1.82, 2.24) is 0 Å². The van der Waals surface area contributed by atoms with Gasteiger partial charge in [0.25, 0.3) is 0 Å². The lowest BCUT2D eigenvalue weighted by atomic mass is 10.1. The number of carbonyl (C=O) groups excluding carboxylic acids is 3. The summed E-state index contributed by atoms with van der Waals surface area (Å²) in [5.74, 6) is -0.917. The zero-order valence-electron chi connectivity index (χ0n) is 48.6. The van der Waals surface area contributed by atoms with E-state index in [0.717, 1.165) is 109 Å². The normalized spacial score (nSPS) is 12.7. The Kier molecular flexibility index (Phi) is 58.8. The van der Waals surface area contributed by atoms with Gasteiger partial charge in [0.05, 0.1) is 0 Å². The summed E-state index contributed by atoms with van der Waals surface area (Å²) in [6.45, 7) is 6.50. The predicted octanol–water partition coefficient (Wildman–Crippen LogP) is 21.3. The van der Waals surface area contributed by atoms with Crippen molar-refractivity contribution in [2.24, 2.45) is 0 Å². The van der Waals surface area contributed by atoms with Crippen LogP contribution in [0.3, 0.4) is 0 Å². The highest BCUT2D eigenvalue weighted by Crippen LogP contribution is 2.16. The molecule has 0 heterocycles. The number of carbonyl (C=O) groups is 3. The van der Waals surface area contributed by atoms with E-state index < -0.39 is 6.10 Å². The number of hydrogen-bond acceptors (Lipinski definition) is 6. The Morgan fingerprint density at radius 2 is 0.527 bits per heavy atom. The monoisotopic (exact) mass is 1030 g/mol. The van der Waals surface area contributed by atoms with Gasteiger partial charge in [-0.15, -0.1) is 0 Å². The van der Waals surface area contributed by atoms with Crippen molar-refractivity contribution >= 4 is 17.9 Å². The number of unbranched alkanes of at least 4 members (excludes halogenated alkanes) is 29. The average Bonchev–Trinajstić information content (AvgIpc) is 3.40. The number of hydrogen-bond donors (Lipinski definition) is 0. The van der Waals surface area contributed by atoms with Gasteiger partial charge in [0.15, 0.2) is 6.10 Å². The van der Waals surface area contributed by atoms with E-state index in [1.54, 1.807) is 0 Å². The molecule has 0 amide bonds. The lowest BCUT2D eigenvalue weighted by molar-refractivity contribution is -0.167. The van der Waals surface area contributed by atoms with Crippen molar-refractivity contribution in [2.75, 3.05) is 13.2 Å². The number of rotatable bonds is 56. The largest absolute Gasteiger partial charge is 0.462 e. The predicted molar refractivity (Wildman–Crippen MR) is 320 cm³/mol. The van der Waals surface area contributed by atoms with Crippen molar-refractivity contribution in [1.29, 1.82) is 0 Å². The maximum atomic E-state index is 12.9. The van der Waals surface area contributed by atoms with Gasteiger partial charge in [-0.1, -0.05) is 272 Å². The molecule has 6 heteroatoms. The molecule has 0 N–H and O–H groups in total. The van der Waals surface area contributed by atoms with E-state index in [1.165, 1.54) is 148 Å². The summed E-state index contributed by atoms with van der Waals surface area (Å²) in [5.41, 5.74) is 0. The minimum atomic E-state index is -0.792. The summed E-state index contributed by atoms with van der Waals surface area (Å²) >= 11 is 0. The van der Waals surface area contributed by atoms with Crippen LogP contribution in [0.2, 0.25) is 0 Å². The zero-order chi connectivity index (χ0) is 53.6. The summed E-state index contributed by atoms with van der Waals surface area (Å²) in [7, 11) is 0. The Labute approximate surface area is 457 Å². The van der Waals surface area contributed by atoms with Crippen LogP contribution in [0.15, 0.2) is 97.2 Å². The molecule has 0 aliphatic rings. The van der Waals surface area contributed by atoms with Gasteiger partial charge in [-0.25, -0.2) is 0 Å². The average molecular weight is 1030 g/mol. The van der Waals surface area contributed by atoms with Gasteiger partial charge >= 0.3 is 17.9 Å². The third kappa shape index (κ3) is 59.2. The highest BCUT2D eigenvalue weighted by molar-refractivity contribution is 5.71. The van der Waals surface area contributed by atoms with Gasteiger partial charge in [-0.05, 0) is 103 Å². The van der Waals surface area contributed by atoms with Gasteiger partial charge < -0.3 is 14.2 Å². The summed E-state index contributed by atoms with van der Waals surface area (Å²) in [6, 6.07) is 0. The van der Waals surface area contributed by atoms with Crippen LogP contribution in [0.1, 0.15) is 297 Å². The van der Waals surface area contributed by atoms with Crippen LogP contribution in [0.25, 0.3) is 0 Å². The van der Waals surface area contributed by atoms with Crippen LogP contribution in [0.5, 0.6) is 0 Å². The first kappa shape index (κ1) is 70.3. The van der Waals surface area contributed by atoms with Crippen LogP contribution in [-0.2, 0) is 28.6 Å². The second-order valence-corrected chi connectivity index (χ2v) is 20.6. The summed E-state index contributed by atoms with van der Waals surface area (Å²) < 4.78 is 16.9. The van der Waals surface area contributed by atoms with E-state index in [2.05, 4.69) is 118 Å². The van der Waals surface area contributed by atoms with Crippen molar-refractivity contribution in [3.8, 4) is 0 Å². The molecule has 0 bridgehead atoms. The van der Waals surface area contributed by atoms with Crippen molar-refractivity contribution < 1.29 is 28.6 Å². The van der Waals surface area contributed by atoms with Crippen LogP contribution >= 0.6 is 0 Å². The van der Waals surface area contributed by atoms with Gasteiger partial charge in [0.1, 0.15) is 13.2 Å². The van der Waals surface area contributed by atoms with Crippen LogP contribution in [0, 0.1) is 0 Å². The first-order valence-electron chi connectivity index (χ1n) is 31.2. The number of ether oxygens (including phenoxy) is 3. The van der Waals surface area contributed by atoms with E-state index in [4.69, 9.17) is 14.2 Å². The molecular formula is C68H116O6. The van der Waals surface area contributed by atoms with Gasteiger partial charge in [0.2, 0.25) is 0 Å². The molecule has 0 aliphatic heterocycles. The third-order valence-corrected chi connectivity index (χ3v) is 13.3. The maximum absolute atomic E-state index is 12.9. The lowest BCUT2D eigenvalue weighted by Crippen LogP contribution is -2.30. The molecule has 1 atom stereocenters. The smallest absolute Gasteiger partial charge is 0.306 e. The molecule has 74 heavy (non-hydrogen) atoms. The third-order valence-electron chi connectivity index (χ3n) is 13.3. The van der Waals surface area contributed by atoms with Crippen molar-refractivity contribution in [2.45, 2.75) is 303 Å². The molecule has 424 valence electrons. The Morgan fingerprint density at radius 3 is 0.851 bits per heavy atom. The molecule has 0 saturated heterocycles. The lowest BCUT2D eigenvalue weighted by Gasteiger charge is -2.18. The Morgan fingerprint density at radius 1 is 0.284 bits per heavy atom. The van der Waals surface area contributed by atoms with Gasteiger partial charge in [-0.3, -0.25) is 14.4 Å². The first-order valence-corrected chi connectivity index (χ1v) is 31.2. The Balaban J connectivity index is 4.35. The molecule has 6 nitrogen and oxygen atoms in total. The Bertz CT molecular complexity index is 1460. The highest BCUT2D eigenvalue weighted by atomic mass is 16.6. The standard InChI is InChI=1S/C68H116O6/c1-4-7-10-13-16-19-22-24-26-28-30-32-33-34-35-37-38-40-42-44-46-49-52-55-58-61-67(70)73-64-65(63-72-66(69)60-57-54-51-48-21-18-15-12-9-6-3)74-68(71)62-59-56-53-50-47-45-43-41-39-36-31-29-27-25-23-20-17-14-11-8-5-2/h7,10,16,19,24,26,29-32,34-35,38,40,44,46,65H,4-6,8-9,11-15,17-18,20-23,25,27-28,33,36-37,39,41-43,45,47-64H2,1-3H3/b10-7-,19-16-,26-24-,31-29-,32-30-,35-34-,40-38-,46-44-. The molecule has 0 aromatic carbocycles. The van der Waals surface area contributed by atoms with Crippen LogP contribution < -0.4 is 0 Å². The first-order chi connectivity index (χ1) is 36.5. The number of esters is 3. The molecule has 1 unspecified atom stereocenters. The van der Waals surface area contributed by atoms with E-state index in [-0.39, 0.29) is 31.1 Å². The van der Waals surface area contributed by atoms with E-state index in [0.29, 0.717) is 19.3 Å². The summed E-state index contributed by atoms with van der Waals surface area (Å²) in [6.07, 6.45) is 82.7. The van der Waals surface area contributed by atoms with E-state index in [1.807, 2.05) is 0 Å². The fourth-order valence-electron chi connectivity index (χ4n) is 8.65. The Hall–Kier alpha value is -3.67. The molecule has 0 saturated carbocycles. The van der Waals surface area contributed by atoms with Crippen LogP contribution in [-0.4, -0.2) is 37.2 Å². The van der Waals surface area contributed by atoms with Gasteiger partial charge in [0, 0.05) is 19.3 Å². The van der Waals surface area contributed by atoms with E-state index >= 15 is 0 Å². The highest BCUT2D eigenvalue weighted by Gasteiger charge is 2.19. The molecule has 0 fully saturated rings. The topological polar surface area (TPSA) is 78.9 Å². The van der Waals surface area contributed by atoms with E-state index in [9.17, 15) is 14.4 Å². The molecule has 0 spiro atoms.